The highest BCUT2D eigenvalue weighted by Gasteiger charge is 2.11. The molecule has 0 radical (unpaired) electrons. The smallest absolute Gasteiger partial charge is 0.230 e. The molecule has 0 aliphatic carbocycles. The predicted octanol–water partition coefficient (Wildman–Crippen LogP) is 4.81. The predicted molar refractivity (Wildman–Crippen MR) is 120 cm³/mol. The van der Waals surface area contributed by atoms with Gasteiger partial charge in [0.1, 0.15) is 17.4 Å². The number of nitrogens with zero attached hydrogens (tertiary/aromatic N) is 1. The summed E-state index contributed by atoms with van der Waals surface area (Å²) >= 11 is 1.47. The summed E-state index contributed by atoms with van der Waals surface area (Å²) in [5.74, 6) is 0.441. The zero-order chi connectivity index (χ0) is 21.5. The van der Waals surface area contributed by atoms with Gasteiger partial charge in [0, 0.05) is 22.7 Å². The van der Waals surface area contributed by atoms with Crippen LogP contribution in [0.15, 0.2) is 53.9 Å². The largest absolute Gasteiger partial charge is 0.486 e. The van der Waals surface area contributed by atoms with Crippen molar-refractivity contribution >= 4 is 34.5 Å². The Morgan fingerprint density at radius 2 is 1.77 bits per heavy atom. The van der Waals surface area contributed by atoms with Crippen molar-refractivity contribution in [2.75, 3.05) is 10.6 Å². The van der Waals surface area contributed by atoms with E-state index in [2.05, 4.69) is 15.6 Å². The van der Waals surface area contributed by atoms with Gasteiger partial charge < -0.3 is 15.4 Å². The van der Waals surface area contributed by atoms with Gasteiger partial charge in [0.25, 0.3) is 0 Å². The molecule has 0 saturated heterocycles. The van der Waals surface area contributed by atoms with E-state index >= 15 is 0 Å². The number of anilines is 2. The van der Waals surface area contributed by atoms with E-state index < -0.39 is 0 Å². The summed E-state index contributed by atoms with van der Waals surface area (Å²) < 4.78 is 5.74. The van der Waals surface area contributed by atoms with Crippen LogP contribution in [0, 0.1) is 12.8 Å². The van der Waals surface area contributed by atoms with Crippen molar-refractivity contribution in [2.45, 2.75) is 33.8 Å². The molecule has 0 saturated carbocycles. The number of hydrogen-bond acceptors (Lipinski definition) is 5. The van der Waals surface area contributed by atoms with E-state index in [9.17, 15) is 9.59 Å². The van der Waals surface area contributed by atoms with Crippen molar-refractivity contribution in [3.05, 3.63) is 70.2 Å². The minimum Gasteiger partial charge on any atom is -0.486 e. The molecule has 1 aromatic heterocycles. The first-order chi connectivity index (χ1) is 14.4. The third kappa shape index (κ3) is 6.42. The molecule has 0 atom stereocenters. The van der Waals surface area contributed by atoms with Crippen LogP contribution < -0.4 is 15.4 Å². The number of amides is 2. The normalized spacial score (nSPS) is 10.7. The van der Waals surface area contributed by atoms with Gasteiger partial charge in [0.05, 0.1) is 12.1 Å². The second-order valence-electron chi connectivity index (χ2n) is 7.28. The van der Waals surface area contributed by atoms with Crippen LogP contribution in [-0.4, -0.2) is 16.8 Å². The second-order valence-corrected chi connectivity index (χ2v) is 8.23. The molecule has 0 unspecified atom stereocenters. The highest BCUT2D eigenvalue weighted by molar-refractivity contribution is 7.09. The van der Waals surface area contributed by atoms with Crippen LogP contribution in [0.4, 0.5) is 11.4 Å². The monoisotopic (exact) mass is 423 g/mol. The number of benzene rings is 2. The van der Waals surface area contributed by atoms with Crippen LogP contribution in [-0.2, 0) is 22.6 Å². The van der Waals surface area contributed by atoms with E-state index in [1.54, 1.807) is 24.3 Å². The number of rotatable bonds is 8. The number of thiazole rings is 1. The van der Waals surface area contributed by atoms with Gasteiger partial charge in [-0.1, -0.05) is 37.6 Å². The van der Waals surface area contributed by atoms with Gasteiger partial charge in [-0.2, -0.15) is 0 Å². The third-order valence-electron chi connectivity index (χ3n) is 4.26. The standard InChI is InChI=1S/C23H25N3O3S/c1-15(2)23(28)26-18-6-4-5-17(11-18)24-21(27)12-19-14-30-22(25-19)13-29-20-9-7-16(3)8-10-20/h4-11,14-15H,12-13H2,1-3H3,(H,24,27)(H,26,28). The lowest BCUT2D eigenvalue weighted by Crippen LogP contribution is -2.18. The summed E-state index contributed by atoms with van der Waals surface area (Å²) in [6.45, 7) is 6.05. The fourth-order valence-corrected chi connectivity index (χ4v) is 3.31. The Morgan fingerprint density at radius 3 is 2.47 bits per heavy atom. The lowest BCUT2D eigenvalue weighted by atomic mass is 10.2. The average Bonchev–Trinajstić information content (AvgIpc) is 3.15. The highest BCUT2D eigenvalue weighted by Crippen LogP contribution is 2.18. The van der Waals surface area contributed by atoms with Gasteiger partial charge >= 0.3 is 0 Å². The number of aromatic nitrogens is 1. The Labute approximate surface area is 180 Å². The number of ether oxygens (including phenoxy) is 1. The van der Waals surface area contributed by atoms with Gasteiger partial charge in [-0.15, -0.1) is 11.3 Å². The molecular weight excluding hydrogens is 398 g/mol. The maximum atomic E-state index is 12.4. The van der Waals surface area contributed by atoms with E-state index in [-0.39, 0.29) is 24.2 Å². The lowest BCUT2D eigenvalue weighted by Gasteiger charge is -2.10. The van der Waals surface area contributed by atoms with Crippen molar-refractivity contribution in [1.29, 1.82) is 0 Å². The first-order valence-electron chi connectivity index (χ1n) is 9.72. The molecule has 2 amide bonds. The molecule has 7 heteroatoms. The molecule has 30 heavy (non-hydrogen) atoms. The maximum Gasteiger partial charge on any atom is 0.230 e. The SMILES string of the molecule is Cc1ccc(OCc2nc(CC(=O)Nc3cccc(NC(=O)C(C)C)c3)cs2)cc1. The van der Waals surface area contributed by atoms with Gasteiger partial charge in [-0.05, 0) is 37.3 Å². The Morgan fingerprint density at radius 1 is 1.07 bits per heavy atom. The van der Waals surface area contributed by atoms with Gasteiger partial charge in [-0.25, -0.2) is 4.98 Å². The zero-order valence-corrected chi connectivity index (χ0v) is 18.1. The lowest BCUT2D eigenvalue weighted by molar-refractivity contribution is -0.119. The maximum absolute atomic E-state index is 12.4. The summed E-state index contributed by atoms with van der Waals surface area (Å²) in [5.41, 5.74) is 3.15. The number of hydrogen-bond donors (Lipinski definition) is 2. The molecule has 2 N–H and O–H groups in total. The fourth-order valence-electron chi connectivity index (χ4n) is 2.61. The van der Waals surface area contributed by atoms with Crippen LogP contribution in [0.1, 0.15) is 30.1 Å². The third-order valence-corrected chi connectivity index (χ3v) is 5.13. The minimum atomic E-state index is -0.168. The molecule has 0 bridgehead atoms. The number of nitrogens with one attached hydrogen (secondary N) is 2. The fraction of sp³-hybridized carbons (Fsp3) is 0.261. The van der Waals surface area contributed by atoms with Crippen LogP contribution >= 0.6 is 11.3 Å². The van der Waals surface area contributed by atoms with Crippen molar-refractivity contribution in [1.82, 2.24) is 4.98 Å². The Hall–Kier alpha value is -3.19. The molecular formula is C23H25N3O3S. The van der Waals surface area contributed by atoms with E-state index in [1.807, 2.05) is 50.4 Å². The number of aryl methyl sites for hydroxylation is 1. The van der Waals surface area contributed by atoms with Gasteiger partial charge in [0.2, 0.25) is 11.8 Å². The number of carbonyl (C=O) groups excluding carboxylic acids is 2. The van der Waals surface area contributed by atoms with Crippen LogP contribution in [0.5, 0.6) is 5.75 Å². The molecule has 156 valence electrons. The summed E-state index contributed by atoms with van der Waals surface area (Å²) in [6, 6.07) is 14.9. The molecule has 0 aliphatic heterocycles. The summed E-state index contributed by atoms with van der Waals surface area (Å²) in [4.78, 5) is 28.7. The molecule has 0 spiro atoms. The second kappa shape index (κ2) is 10.0. The van der Waals surface area contributed by atoms with E-state index in [0.717, 1.165) is 10.8 Å². The average molecular weight is 424 g/mol. The van der Waals surface area contributed by atoms with Crippen LogP contribution in [0.2, 0.25) is 0 Å². The van der Waals surface area contributed by atoms with E-state index in [1.165, 1.54) is 16.9 Å². The van der Waals surface area contributed by atoms with Crippen molar-refractivity contribution < 1.29 is 14.3 Å². The molecule has 3 aromatic rings. The van der Waals surface area contributed by atoms with E-state index in [4.69, 9.17) is 4.74 Å². The summed E-state index contributed by atoms with van der Waals surface area (Å²) in [6.07, 6.45) is 0.170. The molecule has 3 rings (SSSR count). The molecule has 6 nitrogen and oxygen atoms in total. The Balaban J connectivity index is 1.51. The summed E-state index contributed by atoms with van der Waals surface area (Å²) in [7, 11) is 0. The van der Waals surface area contributed by atoms with E-state index in [0.29, 0.717) is 23.7 Å². The van der Waals surface area contributed by atoms with Crippen molar-refractivity contribution in [2.24, 2.45) is 5.92 Å². The number of carbonyl (C=O) groups is 2. The van der Waals surface area contributed by atoms with Crippen LogP contribution in [0.25, 0.3) is 0 Å². The zero-order valence-electron chi connectivity index (χ0n) is 17.3. The quantitative estimate of drug-likeness (QED) is 0.545. The summed E-state index contributed by atoms with van der Waals surface area (Å²) in [5, 5.41) is 8.36. The molecule has 0 aliphatic rings. The first-order valence-corrected chi connectivity index (χ1v) is 10.6. The van der Waals surface area contributed by atoms with Gasteiger partial charge in [-0.3, -0.25) is 9.59 Å². The van der Waals surface area contributed by atoms with Crippen molar-refractivity contribution in [3.8, 4) is 5.75 Å². The minimum absolute atomic E-state index is 0.0682. The molecule has 1 heterocycles. The highest BCUT2D eigenvalue weighted by atomic mass is 32.1. The molecule has 0 fully saturated rings. The first kappa shape index (κ1) is 21.5. The Kier molecular flexibility index (Phi) is 7.19. The topological polar surface area (TPSA) is 80.3 Å². The van der Waals surface area contributed by atoms with Gasteiger partial charge in [0.15, 0.2) is 0 Å². The Bertz CT molecular complexity index is 1010. The van der Waals surface area contributed by atoms with Crippen LogP contribution in [0.3, 0.4) is 0 Å². The molecule has 2 aromatic carbocycles. The van der Waals surface area contributed by atoms with Crippen molar-refractivity contribution in [3.63, 3.8) is 0 Å².